The molecule has 0 radical (unpaired) electrons. The van der Waals surface area contributed by atoms with E-state index < -0.39 is 0 Å². The van der Waals surface area contributed by atoms with E-state index in [9.17, 15) is 0 Å². The van der Waals surface area contributed by atoms with E-state index in [1.54, 1.807) is 0 Å². The highest BCUT2D eigenvalue weighted by Gasteiger charge is 2.22. The zero-order valence-corrected chi connectivity index (χ0v) is 21.5. The quantitative estimate of drug-likeness (QED) is 0.274. The topological polar surface area (TPSA) is 69.7 Å². The summed E-state index contributed by atoms with van der Waals surface area (Å²) < 4.78 is 8.99. The van der Waals surface area contributed by atoms with Crippen LogP contribution in [0, 0.1) is 0 Å². The van der Waals surface area contributed by atoms with E-state index in [4.69, 9.17) is 11.5 Å². The number of hydrogen-bond donors (Lipinski definition) is 2. The van der Waals surface area contributed by atoms with E-state index in [1.807, 2.05) is 0 Å². The number of hydrogen-bond acceptors (Lipinski definition) is 2. The van der Waals surface area contributed by atoms with Crippen LogP contribution in [0.1, 0.15) is 50.7 Å². The highest BCUT2D eigenvalue weighted by molar-refractivity contribution is 5.74. The number of nitrogens with zero attached hydrogens (tertiary/aromatic N) is 4. The third kappa shape index (κ3) is 4.43. The maximum absolute atomic E-state index is 6.69. The van der Waals surface area contributed by atoms with E-state index in [0.29, 0.717) is 0 Å². The van der Waals surface area contributed by atoms with E-state index in [2.05, 4.69) is 105 Å². The molecular formula is C30H38N6+2. The number of aryl methyl sites for hydroxylation is 2. The molecule has 0 unspecified atom stereocenters. The Balaban J connectivity index is 1.47. The van der Waals surface area contributed by atoms with Gasteiger partial charge in [0.25, 0.3) is 0 Å². The molecule has 186 valence electrons. The Morgan fingerprint density at radius 1 is 0.611 bits per heavy atom. The molecule has 2 aromatic heterocycles. The molecule has 6 heteroatoms. The summed E-state index contributed by atoms with van der Waals surface area (Å²) >= 11 is 0. The van der Waals surface area contributed by atoms with Gasteiger partial charge in [-0.2, -0.15) is 0 Å². The van der Waals surface area contributed by atoms with Crippen LogP contribution >= 0.6 is 0 Å². The first-order chi connectivity index (χ1) is 17.6. The number of fused-ring (bicyclic) bond motifs is 2. The van der Waals surface area contributed by atoms with Gasteiger partial charge in [0, 0.05) is 0 Å². The lowest BCUT2D eigenvalue weighted by molar-refractivity contribution is -0.649. The molecule has 5 aromatic rings. The summed E-state index contributed by atoms with van der Waals surface area (Å²) in [6, 6.07) is 25.8. The minimum absolute atomic E-state index is 0.734. The maximum Gasteiger partial charge on any atom is 0.356 e. The lowest BCUT2D eigenvalue weighted by Gasteiger charge is -2.07. The van der Waals surface area contributed by atoms with Crippen LogP contribution in [0.5, 0.6) is 0 Å². The van der Waals surface area contributed by atoms with Gasteiger partial charge in [-0.3, -0.25) is 11.5 Å². The van der Waals surface area contributed by atoms with Gasteiger partial charge in [0.2, 0.25) is 0 Å². The first-order valence-electron chi connectivity index (χ1n) is 13.2. The smallest absolute Gasteiger partial charge is 0.290 e. The maximum atomic E-state index is 6.69. The molecule has 0 fully saturated rings. The number of imidazole rings is 2. The lowest BCUT2D eigenvalue weighted by Crippen LogP contribution is -2.38. The molecule has 2 heterocycles. The second kappa shape index (κ2) is 10.4. The van der Waals surface area contributed by atoms with Crippen LogP contribution in [0.2, 0.25) is 0 Å². The van der Waals surface area contributed by atoms with Gasteiger partial charge in [-0.25, -0.2) is 18.3 Å². The number of benzene rings is 3. The van der Waals surface area contributed by atoms with Crippen LogP contribution < -0.4 is 20.6 Å². The second-order valence-corrected chi connectivity index (χ2v) is 9.70. The molecule has 0 atom stereocenters. The Morgan fingerprint density at radius 3 is 1.50 bits per heavy atom. The Morgan fingerprint density at radius 2 is 1.06 bits per heavy atom. The number of nitrogen functional groups attached to an aromatic ring is 2. The largest absolute Gasteiger partial charge is 0.356 e. The third-order valence-electron chi connectivity index (χ3n) is 7.18. The average Bonchev–Trinajstić information content (AvgIpc) is 3.32. The van der Waals surface area contributed by atoms with Crippen molar-refractivity contribution >= 4 is 34.0 Å². The highest BCUT2D eigenvalue weighted by Crippen LogP contribution is 2.20. The summed E-state index contributed by atoms with van der Waals surface area (Å²) in [5.41, 5.74) is 20.6. The number of nitrogens with two attached hydrogens (primary N) is 2. The predicted octanol–water partition coefficient (Wildman–Crippen LogP) is 5.03. The molecule has 0 amide bonds. The van der Waals surface area contributed by atoms with Crippen molar-refractivity contribution in [1.82, 2.24) is 9.13 Å². The number of anilines is 2. The van der Waals surface area contributed by atoms with Gasteiger partial charge in [-0.1, -0.05) is 69.2 Å². The van der Waals surface area contributed by atoms with Crippen LogP contribution in [0.4, 0.5) is 11.9 Å². The number of para-hydroxylation sites is 4. The van der Waals surface area contributed by atoms with Gasteiger partial charge in [0.05, 0.1) is 26.2 Å². The molecule has 5 rings (SSSR count). The number of unbranched alkanes of at least 4 members (excludes halogenated alkanes) is 2. The summed E-state index contributed by atoms with van der Waals surface area (Å²) in [4.78, 5) is 0. The molecule has 4 N–H and O–H groups in total. The van der Waals surface area contributed by atoms with E-state index in [1.165, 1.54) is 33.2 Å². The van der Waals surface area contributed by atoms with Gasteiger partial charge in [0.15, 0.2) is 0 Å². The van der Waals surface area contributed by atoms with Crippen molar-refractivity contribution in [2.45, 2.75) is 65.7 Å². The molecule has 0 saturated carbocycles. The summed E-state index contributed by atoms with van der Waals surface area (Å²) in [5, 5.41) is 0. The Kier molecular flexibility index (Phi) is 6.94. The Bertz CT molecular complexity index is 1380. The molecule has 3 aromatic carbocycles. The fraction of sp³-hybridized carbons (Fsp3) is 0.333. The van der Waals surface area contributed by atoms with E-state index in [-0.39, 0.29) is 0 Å². The van der Waals surface area contributed by atoms with Crippen molar-refractivity contribution in [3.05, 3.63) is 83.9 Å². The Hall–Kier alpha value is -3.80. The van der Waals surface area contributed by atoms with Gasteiger partial charge in [-0.05, 0) is 54.3 Å². The standard InChI is InChI=1S/C30H36N6/c1-3-5-18-33-25-14-7-9-16-27(25)35(29(33)31)21-23-12-11-13-24(20-23)22-36-28-17-10-8-15-26(28)34(30(36)32)19-6-4-2/h7-17,20,31-32H,3-6,18-19,21-22H2,1-2H3/p+2. The molecule has 0 spiro atoms. The van der Waals surface area contributed by atoms with Gasteiger partial charge in [0.1, 0.15) is 22.1 Å². The molecule has 0 aliphatic rings. The number of rotatable bonds is 10. The first kappa shape index (κ1) is 23.9. The van der Waals surface area contributed by atoms with Gasteiger partial charge >= 0.3 is 11.9 Å². The molecule has 6 nitrogen and oxygen atoms in total. The monoisotopic (exact) mass is 482 g/mol. The zero-order chi connectivity index (χ0) is 25.1. The molecule has 36 heavy (non-hydrogen) atoms. The highest BCUT2D eigenvalue weighted by atomic mass is 15.2. The van der Waals surface area contributed by atoms with Crippen molar-refractivity contribution in [3.8, 4) is 0 Å². The SMILES string of the molecule is CCCCn1c(N)[n+](Cc2cccc(C[n+]3c(N)n(CCCC)c4ccccc43)c2)c2ccccc21. The molecule has 0 aliphatic carbocycles. The molecule has 0 saturated heterocycles. The van der Waals surface area contributed by atoms with Crippen molar-refractivity contribution in [3.63, 3.8) is 0 Å². The summed E-state index contributed by atoms with van der Waals surface area (Å²) in [6.45, 7) is 7.78. The first-order valence-corrected chi connectivity index (χ1v) is 13.2. The minimum Gasteiger partial charge on any atom is -0.290 e. The average molecular weight is 483 g/mol. The van der Waals surface area contributed by atoms with E-state index in [0.717, 1.165) is 63.8 Å². The van der Waals surface area contributed by atoms with Crippen molar-refractivity contribution in [1.29, 1.82) is 0 Å². The van der Waals surface area contributed by atoms with E-state index >= 15 is 0 Å². The van der Waals surface area contributed by atoms with Crippen molar-refractivity contribution in [2.75, 3.05) is 11.5 Å². The second-order valence-electron chi connectivity index (χ2n) is 9.70. The zero-order valence-electron chi connectivity index (χ0n) is 21.5. The molecular weight excluding hydrogens is 444 g/mol. The molecule has 0 bridgehead atoms. The summed E-state index contributed by atoms with van der Waals surface area (Å²) in [5.74, 6) is 1.63. The van der Waals surface area contributed by atoms with Crippen molar-refractivity contribution in [2.24, 2.45) is 0 Å². The third-order valence-corrected chi connectivity index (χ3v) is 7.18. The summed E-state index contributed by atoms with van der Waals surface area (Å²) in [7, 11) is 0. The Labute approximate surface area is 213 Å². The summed E-state index contributed by atoms with van der Waals surface area (Å²) in [6.07, 6.45) is 4.51. The minimum atomic E-state index is 0.734. The number of aromatic nitrogens is 4. The molecule has 0 aliphatic heterocycles. The van der Waals surface area contributed by atoms with Crippen LogP contribution in [0.3, 0.4) is 0 Å². The lowest BCUT2D eigenvalue weighted by atomic mass is 10.1. The fourth-order valence-corrected chi connectivity index (χ4v) is 5.25. The predicted molar refractivity (Wildman–Crippen MR) is 148 cm³/mol. The van der Waals surface area contributed by atoms with Crippen LogP contribution in [0.25, 0.3) is 22.1 Å². The van der Waals surface area contributed by atoms with Gasteiger partial charge < -0.3 is 0 Å². The normalized spacial score (nSPS) is 11.6. The van der Waals surface area contributed by atoms with Crippen LogP contribution in [0.15, 0.2) is 72.8 Å². The fourth-order valence-electron chi connectivity index (χ4n) is 5.25. The van der Waals surface area contributed by atoms with Crippen molar-refractivity contribution < 1.29 is 9.13 Å². The van der Waals surface area contributed by atoms with Crippen LogP contribution in [-0.4, -0.2) is 9.13 Å². The van der Waals surface area contributed by atoms with Gasteiger partial charge in [-0.15, -0.1) is 0 Å². The van der Waals surface area contributed by atoms with Crippen LogP contribution in [-0.2, 0) is 26.2 Å².